The maximum absolute atomic E-state index is 2.48. The van der Waals surface area contributed by atoms with Crippen LogP contribution in [0.3, 0.4) is 0 Å². The van der Waals surface area contributed by atoms with Crippen LogP contribution >= 0.6 is 0 Å². The lowest BCUT2D eigenvalue weighted by atomic mass is 9.63. The number of hydrogen-bond acceptors (Lipinski definition) is 1. The van der Waals surface area contributed by atoms with E-state index in [1.165, 1.54) is 78.8 Å². The number of rotatable bonds is 6. The number of hydrogen-bond donors (Lipinski definition) is 0. The highest BCUT2D eigenvalue weighted by molar-refractivity contribution is 6.10. The van der Waals surface area contributed by atoms with Gasteiger partial charge in [0.2, 0.25) is 0 Å². The van der Waals surface area contributed by atoms with Gasteiger partial charge in [0.25, 0.3) is 0 Å². The fourth-order valence-electron chi connectivity index (χ4n) is 9.17. The molecule has 8 aromatic carbocycles. The quantitative estimate of drug-likeness (QED) is 0.166. The monoisotopic (exact) mass is 722 g/mol. The number of fused-ring (bicyclic) bond motifs is 5. The minimum atomic E-state index is 0.153. The summed E-state index contributed by atoms with van der Waals surface area (Å²) in [6.07, 6.45) is 2.42. The Morgan fingerprint density at radius 3 is 1.80 bits per heavy atom. The molecule has 2 nitrogen and oxygen atoms in total. The van der Waals surface area contributed by atoms with E-state index in [1.54, 1.807) is 0 Å². The van der Waals surface area contributed by atoms with Crippen LogP contribution in [-0.2, 0) is 10.8 Å². The third kappa shape index (κ3) is 5.80. The van der Waals surface area contributed by atoms with E-state index in [0.717, 1.165) is 22.7 Å². The van der Waals surface area contributed by atoms with Gasteiger partial charge in [-0.1, -0.05) is 155 Å². The molecule has 0 spiro atoms. The van der Waals surface area contributed by atoms with Gasteiger partial charge in [0.05, 0.1) is 11.0 Å². The van der Waals surface area contributed by atoms with Gasteiger partial charge in [-0.15, -0.1) is 0 Å². The van der Waals surface area contributed by atoms with Crippen molar-refractivity contribution >= 4 is 49.6 Å². The van der Waals surface area contributed by atoms with Crippen molar-refractivity contribution in [3.63, 3.8) is 0 Å². The minimum Gasteiger partial charge on any atom is -0.310 e. The Morgan fingerprint density at radius 1 is 0.393 bits per heavy atom. The lowest BCUT2D eigenvalue weighted by molar-refractivity contribution is 0.332. The Labute approximate surface area is 330 Å². The van der Waals surface area contributed by atoms with Crippen LogP contribution in [0.25, 0.3) is 60.5 Å². The lowest BCUT2D eigenvalue weighted by Crippen LogP contribution is -2.33. The van der Waals surface area contributed by atoms with Crippen LogP contribution in [0.4, 0.5) is 17.1 Å². The Hall–Kier alpha value is -6.38. The number of nitrogens with zero attached hydrogens (tertiary/aromatic N) is 2. The van der Waals surface area contributed by atoms with E-state index in [1.807, 2.05) is 0 Å². The molecule has 272 valence electrons. The van der Waals surface area contributed by atoms with Gasteiger partial charge in [-0.3, -0.25) is 0 Å². The summed E-state index contributed by atoms with van der Waals surface area (Å²) < 4.78 is 2.46. The highest BCUT2D eigenvalue weighted by atomic mass is 15.1. The largest absolute Gasteiger partial charge is 0.310 e. The van der Waals surface area contributed by atoms with Crippen molar-refractivity contribution in [3.05, 3.63) is 193 Å². The molecule has 2 heteroatoms. The van der Waals surface area contributed by atoms with Crippen LogP contribution in [0.5, 0.6) is 0 Å². The molecule has 1 aliphatic rings. The van der Waals surface area contributed by atoms with E-state index in [0.29, 0.717) is 0 Å². The topological polar surface area (TPSA) is 8.17 Å². The molecule has 0 saturated carbocycles. The SMILES string of the molecule is CC1(C)CCC(C)(C)c2cc(-c3cccc(-n4c5ccccc5c5ccc(N(c6ccc(-c7ccccc7)cc6)c6ccc7ccccc7c6)cc54)c3)ccc21. The molecule has 0 bridgehead atoms. The minimum absolute atomic E-state index is 0.153. The molecule has 0 amide bonds. The summed E-state index contributed by atoms with van der Waals surface area (Å²) in [5.74, 6) is 0. The standard InChI is InChI=1S/C54H46N2/c1-53(2)31-32-54(3,4)50-35-42(24-30-49(50)53)41-17-12-18-44(34-41)56-51-20-11-10-19-47(51)48-29-28-46(36-52(48)56)55(45-27-23-38-15-8-9-16-40(38)33-45)43-25-21-39(22-26-43)37-13-6-5-7-14-37/h5-30,33-36H,31-32H2,1-4H3. The van der Waals surface area contributed by atoms with Crippen LogP contribution in [0.1, 0.15) is 51.7 Å². The van der Waals surface area contributed by atoms with E-state index in [2.05, 4.69) is 219 Å². The van der Waals surface area contributed by atoms with Crippen LogP contribution in [0.15, 0.2) is 182 Å². The van der Waals surface area contributed by atoms with E-state index in [-0.39, 0.29) is 10.8 Å². The highest BCUT2D eigenvalue weighted by Crippen LogP contribution is 2.47. The first-order valence-corrected chi connectivity index (χ1v) is 20.0. The molecule has 0 aliphatic heterocycles. The Kier molecular flexibility index (Phi) is 8.01. The molecule has 0 N–H and O–H groups in total. The van der Waals surface area contributed by atoms with Crippen molar-refractivity contribution in [2.75, 3.05) is 4.90 Å². The summed E-state index contributed by atoms with van der Waals surface area (Å²) in [7, 11) is 0. The second-order valence-electron chi connectivity index (χ2n) is 16.9. The fraction of sp³-hybridized carbons (Fsp3) is 0.148. The first kappa shape index (κ1) is 34.1. The van der Waals surface area contributed by atoms with Gasteiger partial charge >= 0.3 is 0 Å². The van der Waals surface area contributed by atoms with Gasteiger partial charge in [0.1, 0.15) is 0 Å². The van der Waals surface area contributed by atoms with Crippen LogP contribution in [0, 0.1) is 0 Å². The van der Waals surface area contributed by atoms with Gasteiger partial charge in [-0.05, 0) is 122 Å². The van der Waals surface area contributed by atoms with E-state index in [9.17, 15) is 0 Å². The lowest BCUT2D eigenvalue weighted by Gasteiger charge is -2.42. The zero-order valence-corrected chi connectivity index (χ0v) is 32.6. The predicted octanol–water partition coefficient (Wildman–Crippen LogP) is 15.1. The maximum atomic E-state index is 2.48. The zero-order valence-electron chi connectivity index (χ0n) is 32.6. The maximum Gasteiger partial charge on any atom is 0.0561 e. The Balaban J connectivity index is 1.14. The molecule has 0 saturated heterocycles. The number of aromatic nitrogens is 1. The van der Waals surface area contributed by atoms with Gasteiger partial charge in [0, 0.05) is 33.5 Å². The molecule has 56 heavy (non-hydrogen) atoms. The predicted molar refractivity (Wildman–Crippen MR) is 239 cm³/mol. The summed E-state index contributed by atoms with van der Waals surface area (Å²) in [5, 5.41) is 4.95. The molecule has 9 aromatic rings. The number of benzene rings is 8. The van der Waals surface area contributed by atoms with Gasteiger partial charge in [-0.2, -0.15) is 0 Å². The van der Waals surface area contributed by atoms with Crippen molar-refractivity contribution in [1.29, 1.82) is 0 Å². The number of anilines is 3. The molecule has 0 radical (unpaired) electrons. The molecule has 10 rings (SSSR count). The average molecular weight is 723 g/mol. The third-order valence-electron chi connectivity index (χ3n) is 12.4. The molecular formula is C54H46N2. The van der Waals surface area contributed by atoms with Crippen molar-refractivity contribution in [3.8, 4) is 27.9 Å². The number of para-hydroxylation sites is 1. The summed E-state index contributed by atoms with van der Waals surface area (Å²) >= 11 is 0. The van der Waals surface area contributed by atoms with E-state index < -0.39 is 0 Å². The summed E-state index contributed by atoms with van der Waals surface area (Å²) in [5.41, 5.74) is 15.2. The van der Waals surface area contributed by atoms with E-state index >= 15 is 0 Å². The molecular weight excluding hydrogens is 677 g/mol. The van der Waals surface area contributed by atoms with Crippen LogP contribution in [0.2, 0.25) is 0 Å². The molecule has 1 aliphatic carbocycles. The molecule has 0 atom stereocenters. The second-order valence-corrected chi connectivity index (χ2v) is 16.9. The summed E-state index contributed by atoms with van der Waals surface area (Å²) in [6, 6.07) is 67.2. The second kappa shape index (κ2) is 13.1. The molecule has 1 aromatic heterocycles. The smallest absolute Gasteiger partial charge is 0.0561 e. The molecule has 0 fully saturated rings. The Bertz CT molecular complexity index is 2910. The molecule has 1 heterocycles. The third-order valence-corrected chi connectivity index (χ3v) is 12.4. The van der Waals surface area contributed by atoms with Crippen molar-refractivity contribution in [2.24, 2.45) is 0 Å². The van der Waals surface area contributed by atoms with Crippen molar-refractivity contribution in [1.82, 2.24) is 4.57 Å². The van der Waals surface area contributed by atoms with Crippen molar-refractivity contribution in [2.45, 2.75) is 51.4 Å². The fourth-order valence-corrected chi connectivity index (χ4v) is 9.17. The first-order chi connectivity index (χ1) is 27.2. The van der Waals surface area contributed by atoms with Gasteiger partial charge in [0.15, 0.2) is 0 Å². The zero-order chi connectivity index (χ0) is 38.0. The van der Waals surface area contributed by atoms with Gasteiger partial charge in [-0.25, -0.2) is 0 Å². The van der Waals surface area contributed by atoms with Crippen LogP contribution < -0.4 is 4.90 Å². The summed E-state index contributed by atoms with van der Waals surface area (Å²) in [6.45, 7) is 9.63. The summed E-state index contributed by atoms with van der Waals surface area (Å²) in [4.78, 5) is 2.40. The average Bonchev–Trinajstić information content (AvgIpc) is 3.57. The highest BCUT2D eigenvalue weighted by Gasteiger charge is 2.37. The van der Waals surface area contributed by atoms with Crippen LogP contribution in [-0.4, -0.2) is 4.57 Å². The normalized spacial score (nSPS) is 14.6. The Morgan fingerprint density at radius 2 is 0.982 bits per heavy atom. The first-order valence-electron chi connectivity index (χ1n) is 20.0. The van der Waals surface area contributed by atoms with Gasteiger partial charge < -0.3 is 9.47 Å². The van der Waals surface area contributed by atoms with Crippen molar-refractivity contribution < 1.29 is 0 Å². The van der Waals surface area contributed by atoms with E-state index in [4.69, 9.17) is 0 Å². The molecule has 0 unspecified atom stereocenters.